The van der Waals surface area contributed by atoms with Crippen molar-refractivity contribution in [3.63, 3.8) is 0 Å². The minimum absolute atomic E-state index is 0.00413. The van der Waals surface area contributed by atoms with E-state index >= 15 is 0 Å². The second-order valence-corrected chi connectivity index (χ2v) is 9.00. The highest BCUT2D eigenvalue weighted by Crippen LogP contribution is 2.44. The van der Waals surface area contributed by atoms with Crippen LogP contribution < -0.4 is 0 Å². The van der Waals surface area contributed by atoms with E-state index in [1.807, 2.05) is 6.92 Å². The van der Waals surface area contributed by atoms with E-state index in [0.717, 1.165) is 71.0 Å². The van der Waals surface area contributed by atoms with Crippen molar-refractivity contribution in [1.82, 2.24) is 0 Å². The summed E-state index contributed by atoms with van der Waals surface area (Å²) in [6, 6.07) is 0. The maximum absolute atomic E-state index is 11.9. The number of ether oxygens (including phenoxy) is 5. The molecule has 0 N–H and O–H groups in total. The lowest BCUT2D eigenvalue weighted by atomic mass is 9.91. The number of carbonyl (C=O) groups is 1. The number of rotatable bonds is 8. The quantitative estimate of drug-likeness (QED) is 0.327. The molecule has 31 heavy (non-hydrogen) atoms. The topological polar surface area (TPSA) is 63.2 Å². The van der Waals surface area contributed by atoms with Gasteiger partial charge in [0.2, 0.25) is 0 Å². The molecule has 0 aromatic rings. The third-order valence-corrected chi connectivity index (χ3v) is 6.76. The van der Waals surface area contributed by atoms with E-state index in [9.17, 15) is 4.79 Å². The second kappa shape index (κ2) is 11.5. The Balaban J connectivity index is 1.43. The van der Waals surface area contributed by atoms with E-state index in [-0.39, 0.29) is 48.7 Å². The van der Waals surface area contributed by atoms with E-state index in [4.69, 9.17) is 23.7 Å². The van der Waals surface area contributed by atoms with Gasteiger partial charge in [-0.25, -0.2) is 0 Å². The molecule has 2 unspecified atom stereocenters. The summed E-state index contributed by atoms with van der Waals surface area (Å²) < 4.78 is 29.8. The van der Waals surface area contributed by atoms with Gasteiger partial charge in [0.05, 0.1) is 18.6 Å². The molecule has 4 fully saturated rings. The van der Waals surface area contributed by atoms with Crippen LogP contribution in [0.3, 0.4) is 0 Å². The van der Waals surface area contributed by atoms with Crippen LogP contribution in [0, 0.1) is 23.7 Å². The number of esters is 1. The van der Waals surface area contributed by atoms with Gasteiger partial charge < -0.3 is 23.7 Å². The smallest absolute Gasteiger partial charge is 0.306 e. The fraction of sp³-hybridized carbons (Fsp3) is 0.800. The highest BCUT2D eigenvalue weighted by Gasteiger charge is 2.50. The molecule has 0 amide bonds. The summed E-state index contributed by atoms with van der Waals surface area (Å²) in [4.78, 5) is 11.9. The summed E-state index contributed by atoms with van der Waals surface area (Å²) in [6.07, 6.45) is 13.1. The first-order chi connectivity index (χ1) is 15.2. The van der Waals surface area contributed by atoms with Crippen LogP contribution in [0.15, 0.2) is 12.2 Å². The van der Waals surface area contributed by atoms with Crippen LogP contribution in [0.2, 0.25) is 0 Å². The van der Waals surface area contributed by atoms with Gasteiger partial charge in [0, 0.05) is 37.9 Å². The predicted octanol–water partition coefficient (Wildman–Crippen LogP) is 4.12. The van der Waals surface area contributed by atoms with Gasteiger partial charge in [0.15, 0.2) is 12.6 Å². The summed E-state index contributed by atoms with van der Waals surface area (Å²) in [7, 11) is 0. The SMILES string of the molecule is CC#CCC[C@@H](C=C[C@@H]1[C@H]2CC(=O)O[C@H]2C[C@H]1OC1CCCCO1)OC1CCCCO1. The minimum Gasteiger partial charge on any atom is -0.462 e. The number of hydrogen-bond acceptors (Lipinski definition) is 6. The van der Waals surface area contributed by atoms with Crippen LogP contribution in [0.4, 0.5) is 0 Å². The van der Waals surface area contributed by atoms with Crippen LogP contribution in [0.5, 0.6) is 0 Å². The first-order valence-electron chi connectivity index (χ1n) is 12.0. The fourth-order valence-corrected chi connectivity index (χ4v) is 5.14. The average molecular weight is 433 g/mol. The fourth-order valence-electron chi connectivity index (χ4n) is 5.14. The van der Waals surface area contributed by atoms with Crippen LogP contribution >= 0.6 is 0 Å². The van der Waals surface area contributed by atoms with E-state index in [2.05, 4.69) is 24.0 Å². The second-order valence-electron chi connectivity index (χ2n) is 9.00. The van der Waals surface area contributed by atoms with Crippen LogP contribution in [0.1, 0.15) is 71.1 Å². The zero-order valence-electron chi connectivity index (χ0n) is 18.6. The lowest BCUT2D eigenvalue weighted by Crippen LogP contribution is -2.31. The Morgan fingerprint density at radius 1 is 1.13 bits per heavy atom. The van der Waals surface area contributed by atoms with Crippen molar-refractivity contribution in [2.75, 3.05) is 13.2 Å². The Hall–Kier alpha value is -1.39. The molecule has 1 aliphatic carbocycles. The Bertz CT molecular complexity index is 667. The molecule has 0 aromatic heterocycles. The Labute approximate surface area is 186 Å². The molecule has 0 radical (unpaired) electrons. The molecule has 6 heteroatoms. The van der Waals surface area contributed by atoms with Crippen LogP contribution in [-0.4, -0.2) is 50.1 Å². The van der Waals surface area contributed by atoms with Crippen molar-refractivity contribution in [3.8, 4) is 11.8 Å². The summed E-state index contributed by atoms with van der Waals surface area (Å²) in [5.74, 6) is 6.30. The number of carbonyl (C=O) groups excluding carboxylic acids is 1. The van der Waals surface area contributed by atoms with Crippen molar-refractivity contribution in [2.24, 2.45) is 11.8 Å². The molecule has 6 nitrogen and oxygen atoms in total. The van der Waals surface area contributed by atoms with Gasteiger partial charge in [-0.1, -0.05) is 12.2 Å². The molecule has 0 bridgehead atoms. The largest absolute Gasteiger partial charge is 0.462 e. The van der Waals surface area contributed by atoms with Gasteiger partial charge in [0.1, 0.15) is 6.10 Å². The highest BCUT2D eigenvalue weighted by molar-refractivity contribution is 5.72. The van der Waals surface area contributed by atoms with Gasteiger partial charge in [0.25, 0.3) is 0 Å². The molecule has 7 atom stereocenters. The third kappa shape index (κ3) is 6.32. The van der Waals surface area contributed by atoms with Gasteiger partial charge in [-0.2, -0.15) is 0 Å². The summed E-state index contributed by atoms with van der Waals surface area (Å²) in [5, 5.41) is 0. The molecule has 3 heterocycles. The van der Waals surface area contributed by atoms with Gasteiger partial charge >= 0.3 is 5.97 Å². The highest BCUT2D eigenvalue weighted by atomic mass is 16.7. The maximum atomic E-state index is 11.9. The lowest BCUT2D eigenvalue weighted by molar-refractivity contribution is -0.194. The van der Waals surface area contributed by atoms with Crippen LogP contribution in [-0.2, 0) is 28.5 Å². The zero-order chi connectivity index (χ0) is 21.5. The molecule has 0 aromatic carbocycles. The molecule has 1 saturated carbocycles. The van der Waals surface area contributed by atoms with Gasteiger partial charge in [-0.15, -0.1) is 11.8 Å². The van der Waals surface area contributed by atoms with E-state index in [1.165, 1.54) is 0 Å². The van der Waals surface area contributed by atoms with Crippen molar-refractivity contribution in [3.05, 3.63) is 12.2 Å². The lowest BCUT2D eigenvalue weighted by Gasteiger charge is -2.29. The minimum atomic E-state index is -0.147. The van der Waals surface area contributed by atoms with E-state index < -0.39 is 0 Å². The van der Waals surface area contributed by atoms with Crippen molar-refractivity contribution in [2.45, 2.75) is 102 Å². The van der Waals surface area contributed by atoms with Crippen molar-refractivity contribution < 1.29 is 28.5 Å². The Morgan fingerprint density at radius 3 is 2.61 bits per heavy atom. The Morgan fingerprint density at radius 2 is 1.90 bits per heavy atom. The summed E-state index contributed by atoms with van der Waals surface area (Å²) in [6.45, 7) is 3.38. The van der Waals surface area contributed by atoms with Gasteiger partial charge in [-0.3, -0.25) is 4.79 Å². The molecule has 0 spiro atoms. The predicted molar refractivity (Wildman–Crippen MR) is 115 cm³/mol. The van der Waals surface area contributed by atoms with Crippen molar-refractivity contribution in [1.29, 1.82) is 0 Å². The molecule has 4 rings (SSSR count). The van der Waals surface area contributed by atoms with E-state index in [0.29, 0.717) is 6.42 Å². The monoisotopic (exact) mass is 432 g/mol. The first-order valence-corrected chi connectivity index (χ1v) is 12.0. The Kier molecular flexibility index (Phi) is 8.43. The average Bonchev–Trinajstić information content (AvgIpc) is 3.29. The number of fused-ring (bicyclic) bond motifs is 1. The summed E-state index contributed by atoms with van der Waals surface area (Å²) >= 11 is 0. The van der Waals surface area contributed by atoms with E-state index in [1.54, 1.807) is 0 Å². The van der Waals surface area contributed by atoms with Crippen molar-refractivity contribution >= 4 is 5.97 Å². The third-order valence-electron chi connectivity index (χ3n) is 6.76. The number of hydrogen-bond donors (Lipinski definition) is 0. The zero-order valence-corrected chi connectivity index (χ0v) is 18.6. The molecule has 4 aliphatic rings. The maximum Gasteiger partial charge on any atom is 0.306 e. The molecular formula is C25H36O6. The first kappa shape index (κ1) is 22.8. The van der Waals surface area contributed by atoms with Gasteiger partial charge in [-0.05, 0) is 51.9 Å². The molecule has 3 aliphatic heterocycles. The molecule has 172 valence electrons. The molecular weight excluding hydrogens is 396 g/mol. The summed E-state index contributed by atoms with van der Waals surface area (Å²) in [5.41, 5.74) is 0. The standard InChI is InChI=1S/C25H36O6/c1-2-3-4-9-18(29-24-10-5-7-14-27-24)12-13-19-20-16-23(26)30-22(20)17-21(19)31-25-11-6-8-15-28-25/h12-13,18-22,24-25H,4-11,14-17H2,1H3/t18-,19+,20+,21+,22-,24?,25?/m0/s1. The normalized spacial score (nSPS) is 36.6. The van der Waals surface area contributed by atoms with Crippen LogP contribution in [0.25, 0.3) is 0 Å². The molecule has 3 saturated heterocycles.